The summed E-state index contributed by atoms with van der Waals surface area (Å²) in [7, 11) is 0. The van der Waals surface area contributed by atoms with Gasteiger partial charge in [-0.15, -0.1) is 0 Å². The molecule has 0 spiro atoms. The molecule has 2 rings (SSSR count). The maximum Gasteiger partial charge on any atom is 0.165 e. The molecule has 0 radical (unpaired) electrons. The van der Waals surface area contributed by atoms with Crippen LogP contribution in [0.1, 0.15) is 25.2 Å². The van der Waals surface area contributed by atoms with Crippen molar-refractivity contribution in [3.05, 3.63) is 53.7 Å². The first-order valence-corrected chi connectivity index (χ1v) is 6.80. The summed E-state index contributed by atoms with van der Waals surface area (Å²) < 4.78 is 24.3. The van der Waals surface area contributed by atoms with Crippen LogP contribution >= 0.6 is 0 Å². The number of para-hydroxylation sites is 1. The molecule has 0 unspecified atom stereocenters. The molecular formula is C16H20FNO2. The molecule has 1 aromatic heterocycles. The van der Waals surface area contributed by atoms with Crippen LogP contribution in [0.4, 0.5) is 4.39 Å². The van der Waals surface area contributed by atoms with E-state index in [9.17, 15) is 4.39 Å². The van der Waals surface area contributed by atoms with Crippen molar-refractivity contribution in [1.29, 1.82) is 0 Å². The van der Waals surface area contributed by atoms with Gasteiger partial charge in [0.05, 0.1) is 6.26 Å². The van der Waals surface area contributed by atoms with E-state index in [1.807, 2.05) is 6.07 Å². The average Bonchev–Trinajstić information content (AvgIpc) is 2.85. The highest BCUT2D eigenvalue weighted by atomic mass is 19.1. The van der Waals surface area contributed by atoms with Gasteiger partial charge in [-0.2, -0.15) is 0 Å². The average molecular weight is 277 g/mol. The molecule has 0 atom stereocenters. The van der Waals surface area contributed by atoms with Crippen molar-refractivity contribution in [2.24, 2.45) is 5.92 Å². The molecule has 0 aliphatic rings. The van der Waals surface area contributed by atoms with E-state index in [4.69, 9.17) is 9.15 Å². The summed E-state index contributed by atoms with van der Waals surface area (Å²) in [4.78, 5) is 0. The van der Waals surface area contributed by atoms with Gasteiger partial charge in [-0.1, -0.05) is 26.0 Å². The lowest BCUT2D eigenvalue weighted by atomic mass is 10.2. The molecule has 20 heavy (non-hydrogen) atoms. The molecule has 0 aliphatic heterocycles. The summed E-state index contributed by atoms with van der Waals surface area (Å²) in [6.07, 6.45) is 1.63. The van der Waals surface area contributed by atoms with E-state index < -0.39 is 0 Å². The molecule has 2 aromatic rings. The largest absolute Gasteiger partial charge is 0.483 e. The summed E-state index contributed by atoms with van der Waals surface area (Å²) in [5.41, 5.74) is 1.04. The molecule has 0 saturated heterocycles. The predicted molar refractivity (Wildman–Crippen MR) is 76.0 cm³/mol. The van der Waals surface area contributed by atoms with Crippen molar-refractivity contribution in [3.8, 4) is 5.75 Å². The normalized spacial score (nSPS) is 11.0. The number of hydrogen-bond donors (Lipinski definition) is 1. The van der Waals surface area contributed by atoms with Gasteiger partial charge in [0.25, 0.3) is 0 Å². The van der Waals surface area contributed by atoms with Crippen LogP contribution in [0.2, 0.25) is 0 Å². The van der Waals surface area contributed by atoms with Crippen molar-refractivity contribution in [2.45, 2.75) is 27.0 Å². The molecule has 0 saturated carbocycles. The number of benzene rings is 1. The van der Waals surface area contributed by atoms with Crippen molar-refractivity contribution < 1.29 is 13.5 Å². The lowest BCUT2D eigenvalue weighted by Gasteiger charge is -2.09. The Bertz CT molecular complexity index is 537. The van der Waals surface area contributed by atoms with Crippen LogP contribution < -0.4 is 10.1 Å². The highest BCUT2D eigenvalue weighted by molar-refractivity contribution is 5.24. The van der Waals surface area contributed by atoms with Crippen LogP contribution in [0.5, 0.6) is 5.75 Å². The fourth-order valence-electron chi connectivity index (χ4n) is 1.85. The lowest BCUT2D eigenvalue weighted by Crippen LogP contribution is -2.19. The maximum absolute atomic E-state index is 13.4. The van der Waals surface area contributed by atoms with Crippen molar-refractivity contribution in [3.63, 3.8) is 0 Å². The van der Waals surface area contributed by atoms with E-state index >= 15 is 0 Å². The minimum Gasteiger partial charge on any atom is -0.483 e. The summed E-state index contributed by atoms with van der Waals surface area (Å²) in [6.45, 7) is 6.21. The second-order valence-electron chi connectivity index (χ2n) is 5.11. The second-order valence-corrected chi connectivity index (χ2v) is 5.11. The molecule has 108 valence electrons. The minimum atomic E-state index is -0.362. The molecule has 0 amide bonds. The van der Waals surface area contributed by atoms with Crippen LogP contribution in [0.15, 0.2) is 41.0 Å². The molecule has 0 aliphatic carbocycles. The Balaban J connectivity index is 1.90. The second kappa shape index (κ2) is 7.10. The molecular weight excluding hydrogens is 257 g/mol. The molecule has 0 fully saturated rings. The fourth-order valence-corrected chi connectivity index (χ4v) is 1.85. The van der Waals surface area contributed by atoms with Gasteiger partial charge < -0.3 is 14.5 Å². The molecule has 1 heterocycles. The Morgan fingerprint density at radius 1 is 1.25 bits per heavy atom. The highest BCUT2D eigenvalue weighted by Crippen LogP contribution is 2.19. The third kappa shape index (κ3) is 4.10. The van der Waals surface area contributed by atoms with Crippen molar-refractivity contribution in [1.82, 2.24) is 5.32 Å². The zero-order chi connectivity index (χ0) is 14.4. The standard InChI is InChI=1S/C16H20FNO2/c1-12(2)9-18-10-13-7-8-19-16(13)11-20-15-6-4-3-5-14(15)17/h3-8,12,18H,9-11H2,1-2H3. The highest BCUT2D eigenvalue weighted by Gasteiger charge is 2.09. The lowest BCUT2D eigenvalue weighted by molar-refractivity contribution is 0.256. The zero-order valence-electron chi connectivity index (χ0n) is 11.9. The smallest absolute Gasteiger partial charge is 0.165 e. The molecule has 3 nitrogen and oxygen atoms in total. The summed E-state index contributed by atoms with van der Waals surface area (Å²) >= 11 is 0. The first-order valence-electron chi connectivity index (χ1n) is 6.80. The van der Waals surface area contributed by atoms with E-state index in [0.29, 0.717) is 5.92 Å². The van der Waals surface area contributed by atoms with E-state index in [1.165, 1.54) is 6.07 Å². The van der Waals surface area contributed by atoms with Crippen LogP contribution in [-0.4, -0.2) is 6.54 Å². The molecule has 4 heteroatoms. The topological polar surface area (TPSA) is 34.4 Å². The quantitative estimate of drug-likeness (QED) is 0.837. The number of nitrogens with one attached hydrogen (secondary N) is 1. The van der Waals surface area contributed by atoms with Gasteiger partial charge >= 0.3 is 0 Å². The zero-order valence-corrected chi connectivity index (χ0v) is 11.9. The summed E-state index contributed by atoms with van der Waals surface area (Å²) in [5, 5.41) is 3.35. The number of hydrogen-bond acceptors (Lipinski definition) is 3. The third-order valence-corrected chi connectivity index (χ3v) is 2.90. The van der Waals surface area contributed by atoms with Gasteiger partial charge in [-0.05, 0) is 30.7 Å². The Labute approximate surface area is 118 Å². The van der Waals surface area contributed by atoms with E-state index in [-0.39, 0.29) is 18.2 Å². The Hall–Kier alpha value is -1.81. The van der Waals surface area contributed by atoms with Gasteiger partial charge in [0.1, 0.15) is 12.4 Å². The third-order valence-electron chi connectivity index (χ3n) is 2.90. The van der Waals surface area contributed by atoms with Gasteiger partial charge in [-0.25, -0.2) is 4.39 Å². The fraction of sp³-hybridized carbons (Fsp3) is 0.375. The van der Waals surface area contributed by atoms with Gasteiger partial charge in [-0.3, -0.25) is 0 Å². The predicted octanol–water partition coefficient (Wildman–Crippen LogP) is 3.74. The van der Waals surface area contributed by atoms with Crippen LogP contribution in [-0.2, 0) is 13.2 Å². The SMILES string of the molecule is CC(C)CNCc1ccoc1COc1ccccc1F. The Kier molecular flexibility index (Phi) is 5.18. The van der Waals surface area contributed by atoms with Crippen LogP contribution in [0.25, 0.3) is 0 Å². The Morgan fingerprint density at radius 3 is 2.80 bits per heavy atom. The summed E-state index contributed by atoms with van der Waals surface area (Å²) in [5.74, 6) is 1.20. The van der Waals surface area contributed by atoms with Crippen molar-refractivity contribution >= 4 is 0 Å². The van der Waals surface area contributed by atoms with Crippen LogP contribution in [0, 0.1) is 11.7 Å². The molecule has 1 aromatic carbocycles. The van der Waals surface area contributed by atoms with Crippen molar-refractivity contribution in [2.75, 3.05) is 6.54 Å². The van der Waals surface area contributed by atoms with E-state index in [1.54, 1.807) is 24.5 Å². The Morgan fingerprint density at radius 2 is 2.05 bits per heavy atom. The van der Waals surface area contributed by atoms with Gasteiger partial charge in [0.2, 0.25) is 0 Å². The van der Waals surface area contributed by atoms with E-state index in [0.717, 1.165) is 24.4 Å². The first-order chi connectivity index (χ1) is 9.66. The number of furan rings is 1. The maximum atomic E-state index is 13.4. The first kappa shape index (κ1) is 14.6. The minimum absolute atomic E-state index is 0.229. The van der Waals surface area contributed by atoms with E-state index in [2.05, 4.69) is 19.2 Å². The molecule has 0 bridgehead atoms. The number of halogens is 1. The number of rotatable bonds is 7. The monoisotopic (exact) mass is 277 g/mol. The molecule has 1 N–H and O–H groups in total. The number of ether oxygens (including phenoxy) is 1. The summed E-state index contributed by atoms with van der Waals surface area (Å²) in [6, 6.07) is 8.27. The van der Waals surface area contributed by atoms with Gasteiger partial charge in [0.15, 0.2) is 11.6 Å². The van der Waals surface area contributed by atoms with Crippen LogP contribution in [0.3, 0.4) is 0 Å². The van der Waals surface area contributed by atoms with Gasteiger partial charge in [0, 0.05) is 12.1 Å².